The number of nitrogens with one attached hydrogen (secondary N) is 3. The van der Waals surface area contributed by atoms with Crippen molar-refractivity contribution >= 4 is 28.9 Å². The van der Waals surface area contributed by atoms with Crippen LogP contribution >= 0.6 is 0 Å². The van der Waals surface area contributed by atoms with Gasteiger partial charge in [0.15, 0.2) is 5.82 Å². The van der Waals surface area contributed by atoms with Crippen LogP contribution in [-0.4, -0.2) is 50.7 Å². The minimum atomic E-state index is -4.54. The summed E-state index contributed by atoms with van der Waals surface area (Å²) < 4.78 is 41.0. The van der Waals surface area contributed by atoms with Crippen molar-refractivity contribution in [1.82, 2.24) is 24.6 Å². The maximum atomic E-state index is 13.1. The molecule has 1 saturated carbocycles. The van der Waals surface area contributed by atoms with E-state index in [0.29, 0.717) is 35.6 Å². The Morgan fingerprint density at radius 2 is 1.88 bits per heavy atom. The predicted molar refractivity (Wildman–Crippen MR) is 147 cm³/mol. The number of anilines is 4. The Balaban J connectivity index is 1.41. The van der Waals surface area contributed by atoms with Gasteiger partial charge in [0.05, 0.1) is 11.3 Å². The van der Waals surface area contributed by atoms with Crippen molar-refractivity contribution in [2.24, 2.45) is 0 Å². The molecular weight excluding hydrogens is 521 g/mol. The molecule has 4 aromatic rings. The molecule has 208 valence electrons. The van der Waals surface area contributed by atoms with Crippen LogP contribution in [0.1, 0.15) is 40.0 Å². The summed E-state index contributed by atoms with van der Waals surface area (Å²) in [5, 5.41) is 14.2. The van der Waals surface area contributed by atoms with E-state index in [1.54, 1.807) is 16.8 Å². The zero-order valence-corrected chi connectivity index (χ0v) is 22.3. The van der Waals surface area contributed by atoms with Gasteiger partial charge >= 0.3 is 6.18 Å². The van der Waals surface area contributed by atoms with Gasteiger partial charge in [0.25, 0.3) is 5.91 Å². The average molecular weight is 551 g/mol. The van der Waals surface area contributed by atoms with Crippen molar-refractivity contribution in [3.05, 3.63) is 83.3 Å². The molecule has 12 heteroatoms. The van der Waals surface area contributed by atoms with Crippen LogP contribution in [0.5, 0.6) is 0 Å². The Morgan fingerprint density at radius 1 is 1.07 bits per heavy atom. The number of amides is 1. The van der Waals surface area contributed by atoms with Gasteiger partial charge in [-0.15, -0.1) is 0 Å². The number of nitrogens with zero attached hydrogens (tertiary/aromatic N) is 5. The molecule has 0 aliphatic heterocycles. The molecule has 1 aliphatic carbocycles. The van der Waals surface area contributed by atoms with E-state index in [4.69, 9.17) is 5.10 Å². The first kappa shape index (κ1) is 27.1. The highest BCUT2D eigenvalue weighted by molar-refractivity contribution is 6.04. The van der Waals surface area contributed by atoms with Crippen molar-refractivity contribution in [2.75, 3.05) is 30.0 Å². The minimum Gasteiger partial charge on any atom is -0.367 e. The molecule has 5 rings (SSSR count). The summed E-state index contributed by atoms with van der Waals surface area (Å²) in [6.45, 7) is 2.51. The Kier molecular flexibility index (Phi) is 7.44. The number of carbonyl (C=O) groups excluding carboxylic acids is 1. The first-order chi connectivity index (χ1) is 19.0. The maximum absolute atomic E-state index is 13.1. The van der Waals surface area contributed by atoms with Crippen LogP contribution in [0.2, 0.25) is 0 Å². The lowest BCUT2D eigenvalue weighted by atomic mass is 10.1. The van der Waals surface area contributed by atoms with E-state index in [2.05, 4.69) is 25.9 Å². The molecule has 0 atom stereocenters. The normalized spacial score (nSPS) is 13.4. The van der Waals surface area contributed by atoms with Gasteiger partial charge in [-0.1, -0.05) is 12.1 Å². The third kappa shape index (κ3) is 6.57. The maximum Gasteiger partial charge on any atom is 0.416 e. The van der Waals surface area contributed by atoms with E-state index in [-0.39, 0.29) is 5.56 Å². The van der Waals surface area contributed by atoms with Crippen LogP contribution in [0.3, 0.4) is 0 Å². The Labute approximate surface area is 229 Å². The fourth-order valence-corrected chi connectivity index (χ4v) is 4.09. The van der Waals surface area contributed by atoms with Crippen LogP contribution in [0.15, 0.2) is 60.9 Å². The molecule has 3 N–H and O–H groups in total. The van der Waals surface area contributed by atoms with Gasteiger partial charge in [-0.25, -0.2) is 9.97 Å². The molecule has 2 aromatic heterocycles. The summed E-state index contributed by atoms with van der Waals surface area (Å²) in [4.78, 5) is 23.5. The van der Waals surface area contributed by atoms with Gasteiger partial charge < -0.3 is 20.9 Å². The van der Waals surface area contributed by atoms with E-state index >= 15 is 0 Å². The van der Waals surface area contributed by atoms with Gasteiger partial charge in [-0.2, -0.15) is 23.0 Å². The van der Waals surface area contributed by atoms with Crippen molar-refractivity contribution in [3.8, 4) is 5.82 Å². The lowest BCUT2D eigenvalue weighted by Crippen LogP contribution is -2.14. The fraction of sp³-hybridized carbons (Fsp3) is 0.286. The molecule has 0 radical (unpaired) electrons. The highest BCUT2D eigenvalue weighted by atomic mass is 19.4. The topological polar surface area (TPSA) is 100 Å². The summed E-state index contributed by atoms with van der Waals surface area (Å²) in [7, 11) is 3.91. The largest absolute Gasteiger partial charge is 0.416 e. The fourth-order valence-electron chi connectivity index (χ4n) is 4.09. The smallest absolute Gasteiger partial charge is 0.367 e. The van der Waals surface area contributed by atoms with Crippen LogP contribution < -0.4 is 16.0 Å². The quantitative estimate of drug-likeness (QED) is 0.249. The molecule has 40 heavy (non-hydrogen) atoms. The van der Waals surface area contributed by atoms with Crippen molar-refractivity contribution in [1.29, 1.82) is 0 Å². The van der Waals surface area contributed by atoms with E-state index in [0.717, 1.165) is 42.0 Å². The van der Waals surface area contributed by atoms with Gasteiger partial charge in [0.1, 0.15) is 18.0 Å². The number of benzene rings is 2. The minimum absolute atomic E-state index is 0.0873. The van der Waals surface area contributed by atoms with Crippen LogP contribution in [0.25, 0.3) is 5.82 Å². The molecular formula is C28H29F3N8O. The number of carbonyl (C=O) groups is 1. The highest BCUT2D eigenvalue weighted by Crippen LogP contribution is 2.31. The van der Waals surface area contributed by atoms with Crippen LogP contribution in [-0.2, 0) is 12.7 Å². The molecule has 1 amide bonds. The molecule has 1 aliphatic rings. The predicted octanol–water partition coefficient (Wildman–Crippen LogP) is 5.62. The van der Waals surface area contributed by atoms with E-state index < -0.39 is 17.6 Å². The second-order valence-corrected chi connectivity index (χ2v) is 10.0. The monoisotopic (exact) mass is 550 g/mol. The van der Waals surface area contributed by atoms with Gasteiger partial charge in [0, 0.05) is 41.7 Å². The highest BCUT2D eigenvalue weighted by Gasteiger charge is 2.31. The standard InChI is InChI=1S/C28H29F3N8O/c1-17-7-8-21(35-27(40)18-5-4-6-19(11-18)28(29,30)31)12-23(17)36-26-13-22(15-38(2)3)37-39(26)25-14-24(32-16-33-25)34-20-9-10-20/h4-8,11-14,16,20,36H,9-10,15H2,1-3H3,(H,35,40)(H,32,33,34). The van der Waals surface area contributed by atoms with E-state index in [9.17, 15) is 18.0 Å². The zero-order valence-electron chi connectivity index (χ0n) is 22.3. The summed E-state index contributed by atoms with van der Waals surface area (Å²) in [5.41, 5.74) is 1.84. The lowest BCUT2D eigenvalue weighted by molar-refractivity contribution is -0.137. The molecule has 9 nitrogen and oxygen atoms in total. The number of aromatic nitrogens is 4. The third-order valence-electron chi connectivity index (χ3n) is 6.25. The number of hydrogen-bond acceptors (Lipinski definition) is 7. The summed E-state index contributed by atoms with van der Waals surface area (Å²) in [6.07, 6.45) is -0.821. The molecule has 0 bridgehead atoms. The lowest BCUT2D eigenvalue weighted by Gasteiger charge is -2.14. The van der Waals surface area contributed by atoms with Crippen LogP contribution in [0, 0.1) is 6.92 Å². The zero-order chi connectivity index (χ0) is 28.4. The molecule has 0 saturated heterocycles. The molecule has 2 aromatic carbocycles. The van der Waals surface area contributed by atoms with E-state index in [1.165, 1.54) is 18.5 Å². The SMILES string of the molecule is Cc1ccc(NC(=O)c2cccc(C(F)(F)F)c2)cc1Nc1cc(CN(C)C)nn1-c1cc(NC2CC2)ncn1. The second-order valence-electron chi connectivity index (χ2n) is 10.0. The van der Waals surface area contributed by atoms with Gasteiger partial charge in [-0.05, 0) is 69.8 Å². The Bertz CT molecular complexity index is 1530. The van der Waals surface area contributed by atoms with Crippen molar-refractivity contribution < 1.29 is 18.0 Å². The van der Waals surface area contributed by atoms with Gasteiger partial charge in [0.2, 0.25) is 0 Å². The Morgan fingerprint density at radius 3 is 2.60 bits per heavy atom. The molecule has 0 spiro atoms. The van der Waals surface area contributed by atoms with Crippen LogP contribution in [0.4, 0.5) is 36.2 Å². The number of halogens is 3. The average Bonchev–Trinajstić information content (AvgIpc) is 3.63. The second kappa shape index (κ2) is 11.0. The van der Waals surface area contributed by atoms with Crippen molar-refractivity contribution in [3.63, 3.8) is 0 Å². The number of rotatable bonds is 9. The third-order valence-corrected chi connectivity index (χ3v) is 6.25. The first-order valence-corrected chi connectivity index (χ1v) is 12.7. The molecule has 1 fully saturated rings. The van der Waals surface area contributed by atoms with Gasteiger partial charge in [-0.3, -0.25) is 4.79 Å². The number of hydrogen-bond donors (Lipinski definition) is 3. The van der Waals surface area contributed by atoms with E-state index in [1.807, 2.05) is 44.1 Å². The summed E-state index contributed by atoms with van der Waals surface area (Å²) >= 11 is 0. The van der Waals surface area contributed by atoms with Crippen molar-refractivity contribution in [2.45, 2.75) is 38.5 Å². The first-order valence-electron chi connectivity index (χ1n) is 12.7. The summed E-state index contributed by atoms with van der Waals surface area (Å²) in [6, 6.07) is 13.8. The Hall–Kier alpha value is -4.45. The molecule has 0 unspecified atom stereocenters. The number of aryl methyl sites for hydroxylation is 1. The molecule has 2 heterocycles. The summed E-state index contributed by atoms with van der Waals surface area (Å²) in [5.74, 6) is 1.31. The number of alkyl halides is 3.